The van der Waals surface area contributed by atoms with Crippen LogP contribution >= 0.6 is 0 Å². The van der Waals surface area contributed by atoms with Crippen LogP contribution in [0.2, 0.25) is 0 Å². The van der Waals surface area contributed by atoms with E-state index in [9.17, 15) is 13.2 Å². The molecule has 0 aliphatic heterocycles. The van der Waals surface area contributed by atoms with Crippen LogP contribution in [0.3, 0.4) is 0 Å². The lowest BCUT2D eigenvalue weighted by molar-refractivity contribution is -0.137. The summed E-state index contributed by atoms with van der Waals surface area (Å²) < 4.78 is 37.7. The maximum Gasteiger partial charge on any atom is 0.416 e. The summed E-state index contributed by atoms with van der Waals surface area (Å²) in [6, 6.07) is 13.0. The van der Waals surface area contributed by atoms with E-state index in [4.69, 9.17) is 5.73 Å². The van der Waals surface area contributed by atoms with Crippen LogP contribution < -0.4 is 5.73 Å². The zero-order chi connectivity index (χ0) is 16.9. The molecule has 4 heteroatoms. The van der Waals surface area contributed by atoms with Gasteiger partial charge in [-0.25, -0.2) is 0 Å². The Morgan fingerprint density at radius 2 is 1.39 bits per heavy atom. The molecule has 2 rings (SSSR count). The molecule has 124 valence electrons. The fourth-order valence-electron chi connectivity index (χ4n) is 2.56. The maximum atomic E-state index is 12.6. The minimum absolute atomic E-state index is 0.0169. The number of halogens is 3. The molecule has 0 aromatic heterocycles. The summed E-state index contributed by atoms with van der Waals surface area (Å²) >= 11 is 0. The van der Waals surface area contributed by atoms with Gasteiger partial charge in [-0.3, -0.25) is 0 Å². The SMILES string of the molecule is CCCCC[C@H](N)c1ccc(-c2ccc(C(F)(F)F)cc2)cc1. The molecular weight excluding hydrogens is 299 g/mol. The number of benzene rings is 2. The molecular formula is C19H22F3N. The van der Waals surface area contributed by atoms with Crippen LogP contribution in [-0.2, 0) is 6.18 Å². The van der Waals surface area contributed by atoms with Crippen molar-refractivity contribution in [1.29, 1.82) is 0 Å². The van der Waals surface area contributed by atoms with Crippen molar-refractivity contribution in [1.82, 2.24) is 0 Å². The molecule has 0 spiro atoms. The predicted octanol–water partition coefficient (Wildman–Crippen LogP) is 5.95. The Morgan fingerprint density at radius 3 is 1.87 bits per heavy atom. The van der Waals surface area contributed by atoms with E-state index in [-0.39, 0.29) is 6.04 Å². The van der Waals surface area contributed by atoms with Crippen LogP contribution in [0.1, 0.15) is 49.8 Å². The minimum Gasteiger partial charge on any atom is -0.324 e. The van der Waals surface area contributed by atoms with E-state index in [1.165, 1.54) is 25.0 Å². The van der Waals surface area contributed by atoms with Crippen molar-refractivity contribution >= 4 is 0 Å². The van der Waals surface area contributed by atoms with Crippen molar-refractivity contribution in [3.63, 3.8) is 0 Å². The second-order valence-corrected chi connectivity index (χ2v) is 5.80. The van der Waals surface area contributed by atoms with Gasteiger partial charge in [-0.15, -0.1) is 0 Å². The average Bonchev–Trinajstić information content (AvgIpc) is 2.54. The van der Waals surface area contributed by atoms with E-state index in [0.29, 0.717) is 0 Å². The fourth-order valence-corrected chi connectivity index (χ4v) is 2.56. The molecule has 0 radical (unpaired) electrons. The van der Waals surface area contributed by atoms with E-state index in [1.54, 1.807) is 0 Å². The quantitative estimate of drug-likeness (QED) is 0.653. The van der Waals surface area contributed by atoms with Gasteiger partial charge in [0.05, 0.1) is 5.56 Å². The van der Waals surface area contributed by atoms with Crippen molar-refractivity contribution in [2.45, 2.75) is 44.8 Å². The van der Waals surface area contributed by atoms with E-state index in [1.807, 2.05) is 24.3 Å². The first-order valence-electron chi connectivity index (χ1n) is 7.95. The van der Waals surface area contributed by atoms with E-state index < -0.39 is 11.7 Å². The van der Waals surface area contributed by atoms with Gasteiger partial charge in [-0.1, -0.05) is 62.6 Å². The lowest BCUT2D eigenvalue weighted by atomic mass is 9.97. The molecule has 0 saturated heterocycles. The summed E-state index contributed by atoms with van der Waals surface area (Å²) in [6.45, 7) is 2.16. The van der Waals surface area contributed by atoms with E-state index >= 15 is 0 Å². The van der Waals surface area contributed by atoms with Crippen molar-refractivity contribution in [3.05, 3.63) is 59.7 Å². The summed E-state index contributed by atoms with van der Waals surface area (Å²) in [7, 11) is 0. The molecule has 2 N–H and O–H groups in total. The highest BCUT2D eigenvalue weighted by Crippen LogP contribution is 2.31. The first kappa shape index (κ1) is 17.5. The minimum atomic E-state index is -4.30. The number of nitrogens with two attached hydrogens (primary N) is 1. The first-order chi connectivity index (χ1) is 10.9. The Labute approximate surface area is 135 Å². The molecule has 2 aromatic carbocycles. The summed E-state index contributed by atoms with van der Waals surface area (Å²) in [4.78, 5) is 0. The Morgan fingerprint density at radius 1 is 0.870 bits per heavy atom. The predicted molar refractivity (Wildman–Crippen MR) is 88.0 cm³/mol. The molecule has 0 heterocycles. The molecule has 2 aromatic rings. The molecule has 23 heavy (non-hydrogen) atoms. The van der Waals surface area contributed by atoms with Crippen molar-refractivity contribution < 1.29 is 13.2 Å². The highest BCUT2D eigenvalue weighted by Gasteiger charge is 2.29. The summed E-state index contributed by atoms with van der Waals surface area (Å²) in [5, 5.41) is 0. The number of unbranched alkanes of at least 4 members (excludes halogenated alkanes) is 2. The highest BCUT2D eigenvalue weighted by atomic mass is 19.4. The highest BCUT2D eigenvalue weighted by molar-refractivity contribution is 5.64. The Hall–Kier alpha value is -1.81. The summed E-state index contributed by atoms with van der Waals surface area (Å²) in [5.41, 5.74) is 8.26. The molecule has 0 aliphatic carbocycles. The molecule has 0 amide bonds. The number of alkyl halides is 3. The van der Waals surface area contributed by atoms with Gasteiger partial charge in [-0.2, -0.15) is 13.2 Å². The third-order valence-corrected chi connectivity index (χ3v) is 4.00. The van der Waals surface area contributed by atoms with Gasteiger partial charge in [0.1, 0.15) is 0 Å². The molecule has 0 aliphatic rings. The fraction of sp³-hybridized carbons (Fsp3) is 0.368. The van der Waals surface area contributed by atoms with E-state index in [0.717, 1.165) is 41.7 Å². The second-order valence-electron chi connectivity index (χ2n) is 5.80. The van der Waals surface area contributed by atoms with Gasteiger partial charge in [0.25, 0.3) is 0 Å². The normalized spacial score (nSPS) is 13.1. The third-order valence-electron chi connectivity index (χ3n) is 4.00. The van der Waals surface area contributed by atoms with Gasteiger partial charge in [0.15, 0.2) is 0 Å². The molecule has 0 unspecified atom stereocenters. The summed E-state index contributed by atoms with van der Waals surface area (Å²) in [6.07, 6.45) is 0.107. The maximum absolute atomic E-state index is 12.6. The van der Waals surface area contributed by atoms with Crippen LogP contribution in [0.5, 0.6) is 0 Å². The average molecular weight is 321 g/mol. The zero-order valence-electron chi connectivity index (χ0n) is 13.2. The van der Waals surface area contributed by atoms with Crippen LogP contribution in [-0.4, -0.2) is 0 Å². The Bertz CT molecular complexity index is 600. The Balaban J connectivity index is 2.07. The van der Waals surface area contributed by atoms with Crippen LogP contribution in [0.15, 0.2) is 48.5 Å². The number of hydrogen-bond donors (Lipinski definition) is 1. The number of rotatable bonds is 6. The van der Waals surface area contributed by atoms with Gasteiger partial charge in [-0.05, 0) is 35.2 Å². The largest absolute Gasteiger partial charge is 0.416 e. The smallest absolute Gasteiger partial charge is 0.324 e. The molecule has 0 bridgehead atoms. The van der Waals surface area contributed by atoms with Gasteiger partial charge in [0.2, 0.25) is 0 Å². The lowest BCUT2D eigenvalue weighted by Crippen LogP contribution is -2.09. The van der Waals surface area contributed by atoms with Gasteiger partial charge >= 0.3 is 6.18 Å². The molecule has 0 saturated carbocycles. The Kier molecular flexibility index (Phi) is 5.83. The topological polar surface area (TPSA) is 26.0 Å². The molecule has 1 atom stereocenters. The van der Waals surface area contributed by atoms with Crippen molar-refractivity contribution in [2.75, 3.05) is 0 Å². The van der Waals surface area contributed by atoms with Gasteiger partial charge < -0.3 is 5.73 Å². The van der Waals surface area contributed by atoms with Crippen LogP contribution in [0.25, 0.3) is 11.1 Å². The van der Waals surface area contributed by atoms with Crippen LogP contribution in [0.4, 0.5) is 13.2 Å². The number of hydrogen-bond acceptors (Lipinski definition) is 1. The molecule has 1 nitrogen and oxygen atoms in total. The first-order valence-corrected chi connectivity index (χ1v) is 7.95. The second kappa shape index (κ2) is 7.64. The van der Waals surface area contributed by atoms with Gasteiger partial charge in [0, 0.05) is 6.04 Å². The third kappa shape index (κ3) is 4.83. The van der Waals surface area contributed by atoms with E-state index in [2.05, 4.69) is 6.92 Å². The van der Waals surface area contributed by atoms with Crippen molar-refractivity contribution in [2.24, 2.45) is 5.73 Å². The zero-order valence-corrected chi connectivity index (χ0v) is 13.2. The molecule has 0 fully saturated rings. The monoisotopic (exact) mass is 321 g/mol. The van der Waals surface area contributed by atoms with Crippen LogP contribution in [0, 0.1) is 0 Å². The standard InChI is InChI=1S/C19H22F3N/c1-2-3-4-5-18(23)16-8-6-14(7-9-16)15-10-12-17(13-11-15)19(20,21)22/h6-13,18H,2-5,23H2,1H3/t18-/m0/s1. The summed E-state index contributed by atoms with van der Waals surface area (Å²) in [5.74, 6) is 0. The van der Waals surface area contributed by atoms with Crippen molar-refractivity contribution in [3.8, 4) is 11.1 Å². The lowest BCUT2D eigenvalue weighted by Gasteiger charge is -2.13.